The van der Waals surface area contributed by atoms with Crippen molar-refractivity contribution in [2.24, 2.45) is 0 Å². The van der Waals surface area contributed by atoms with E-state index in [1.165, 1.54) is 0 Å². The molecule has 1 heterocycles. The van der Waals surface area contributed by atoms with Crippen molar-refractivity contribution in [2.45, 2.75) is 51.4 Å². The molecular weight excluding hydrogens is 309 g/mol. The van der Waals surface area contributed by atoms with Gasteiger partial charge in [0.05, 0.1) is 22.7 Å². The van der Waals surface area contributed by atoms with Crippen LogP contribution < -0.4 is 5.32 Å². The molecule has 2 nitrogen and oxygen atoms in total. The van der Waals surface area contributed by atoms with Gasteiger partial charge < -0.3 is 10.1 Å². The van der Waals surface area contributed by atoms with E-state index in [1.807, 2.05) is 12.1 Å². The second-order valence-electron chi connectivity index (χ2n) is 5.14. The molecule has 1 aromatic rings. The Labute approximate surface area is 122 Å². The van der Waals surface area contributed by atoms with Crippen LogP contribution in [0.1, 0.15) is 44.7 Å². The molecule has 1 N–H and O–H groups in total. The molecule has 0 radical (unpaired) electrons. The van der Waals surface area contributed by atoms with Crippen LogP contribution in [0, 0.1) is 5.82 Å². The molecule has 3 atom stereocenters. The lowest BCUT2D eigenvalue weighted by atomic mass is 9.98. The largest absolute Gasteiger partial charge is 0.373 e. The second kappa shape index (κ2) is 6.82. The summed E-state index contributed by atoms with van der Waals surface area (Å²) >= 11 is 3.26. The lowest BCUT2D eigenvalue weighted by Gasteiger charge is -2.26. The van der Waals surface area contributed by atoms with Gasteiger partial charge in [-0.25, -0.2) is 4.39 Å². The van der Waals surface area contributed by atoms with Gasteiger partial charge in [-0.05, 0) is 54.7 Å². The minimum Gasteiger partial charge on any atom is -0.373 e. The number of hydrogen-bond acceptors (Lipinski definition) is 2. The van der Waals surface area contributed by atoms with Gasteiger partial charge in [-0.3, -0.25) is 0 Å². The maximum Gasteiger partial charge on any atom is 0.142 e. The summed E-state index contributed by atoms with van der Waals surface area (Å²) in [6.45, 7) is 5.05. The zero-order chi connectivity index (χ0) is 13.8. The van der Waals surface area contributed by atoms with Crippen LogP contribution in [-0.4, -0.2) is 18.8 Å². The van der Waals surface area contributed by atoms with Gasteiger partial charge >= 0.3 is 0 Å². The van der Waals surface area contributed by atoms with E-state index in [-0.39, 0.29) is 24.1 Å². The Morgan fingerprint density at radius 1 is 1.47 bits per heavy atom. The summed E-state index contributed by atoms with van der Waals surface area (Å²) in [4.78, 5) is 0. The number of hydrogen-bond donors (Lipinski definition) is 1. The SMILES string of the molecule is CCCNC(c1cccc(Br)c1F)C1CCC(C)O1. The molecule has 0 aliphatic carbocycles. The second-order valence-corrected chi connectivity index (χ2v) is 5.99. The molecule has 0 amide bonds. The first kappa shape index (κ1) is 14.9. The molecule has 2 rings (SSSR count). The monoisotopic (exact) mass is 329 g/mol. The topological polar surface area (TPSA) is 21.3 Å². The summed E-state index contributed by atoms with van der Waals surface area (Å²) in [6, 6.07) is 5.39. The minimum atomic E-state index is -0.181. The van der Waals surface area contributed by atoms with Crippen LogP contribution in [0.15, 0.2) is 22.7 Å². The van der Waals surface area contributed by atoms with E-state index in [0.29, 0.717) is 10.0 Å². The van der Waals surface area contributed by atoms with Crippen molar-refractivity contribution in [1.82, 2.24) is 5.32 Å². The van der Waals surface area contributed by atoms with Crippen molar-refractivity contribution >= 4 is 15.9 Å². The molecule has 1 aliphatic rings. The van der Waals surface area contributed by atoms with E-state index >= 15 is 0 Å². The molecule has 1 fully saturated rings. The highest BCUT2D eigenvalue weighted by Crippen LogP contribution is 2.33. The minimum absolute atomic E-state index is 0.0605. The molecular formula is C15H21BrFNO. The standard InChI is InChI=1S/C15H21BrFNO/c1-3-9-18-15(13-8-7-10(2)19-13)11-5-4-6-12(16)14(11)17/h4-6,10,13,15,18H,3,7-9H2,1-2H3. The van der Waals surface area contributed by atoms with E-state index in [0.717, 1.165) is 25.8 Å². The molecule has 3 unspecified atom stereocenters. The molecule has 0 spiro atoms. The first-order chi connectivity index (χ1) is 9.13. The first-order valence-corrected chi connectivity index (χ1v) is 7.75. The smallest absolute Gasteiger partial charge is 0.142 e. The highest BCUT2D eigenvalue weighted by molar-refractivity contribution is 9.10. The Kier molecular flexibility index (Phi) is 5.37. The maximum atomic E-state index is 14.3. The fourth-order valence-corrected chi connectivity index (χ4v) is 2.96. The number of ether oxygens (including phenoxy) is 1. The lowest BCUT2D eigenvalue weighted by Crippen LogP contribution is -2.33. The third-order valence-electron chi connectivity index (χ3n) is 3.57. The van der Waals surface area contributed by atoms with Crippen molar-refractivity contribution in [3.63, 3.8) is 0 Å². The Balaban J connectivity index is 2.23. The third-order valence-corrected chi connectivity index (χ3v) is 4.18. The Bertz CT molecular complexity index is 427. The lowest BCUT2D eigenvalue weighted by molar-refractivity contribution is 0.0308. The van der Waals surface area contributed by atoms with Crippen molar-refractivity contribution < 1.29 is 9.13 Å². The number of benzene rings is 1. The first-order valence-electron chi connectivity index (χ1n) is 6.96. The number of rotatable bonds is 5. The van der Waals surface area contributed by atoms with Crippen LogP contribution in [0.5, 0.6) is 0 Å². The third kappa shape index (κ3) is 3.56. The molecule has 4 heteroatoms. The molecule has 106 valence electrons. The Hall–Kier alpha value is -0.450. The normalized spacial score (nSPS) is 24.6. The van der Waals surface area contributed by atoms with E-state index in [9.17, 15) is 4.39 Å². The van der Waals surface area contributed by atoms with Gasteiger partial charge in [0.1, 0.15) is 5.82 Å². The van der Waals surface area contributed by atoms with Crippen molar-refractivity contribution in [2.75, 3.05) is 6.54 Å². The van der Waals surface area contributed by atoms with Crippen LogP contribution in [0.3, 0.4) is 0 Å². The van der Waals surface area contributed by atoms with Crippen molar-refractivity contribution in [3.8, 4) is 0 Å². The van der Waals surface area contributed by atoms with Gasteiger partial charge in [-0.2, -0.15) is 0 Å². The van der Waals surface area contributed by atoms with Crippen LogP contribution in [0.25, 0.3) is 0 Å². The van der Waals surface area contributed by atoms with Gasteiger partial charge in [-0.1, -0.05) is 19.1 Å². The maximum absolute atomic E-state index is 14.3. The summed E-state index contributed by atoms with van der Waals surface area (Å²) in [5, 5.41) is 3.43. The predicted octanol–water partition coefficient (Wildman–Crippen LogP) is 4.20. The number of halogens is 2. The van der Waals surface area contributed by atoms with Gasteiger partial charge in [0.15, 0.2) is 0 Å². The average molecular weight is 330 g/mol. The molecule has 0 bridgehead atoms. The summed E-state index contributed by atoms with van der Waals surface area (Å²) in [7, 11) is 0. The summed E-state index contributed by atoms with van der Waals surface area (Å²) in [6.07, 6.45) is 3.38. The van der Waals surface area contributed by atoms with Crippen LogP contribution >= 0.6 is 15.9 Å². The molecule has 19 heavy (non-hydrogen) atoms. The van der Waals surface area contributed by atoms with Gasteiger partial charge in [-0.15, -0.1) is 0 Å². The highest BCUT2D eigenvalue weighted by atomic mass is 79.9. The number of nitrogens with one attached hydrogen (secondary N) is 1. The molecule has 1 aliphatic heterocycles. The fourth-order valence-electron chi connectivity index (χ4n) is 2.58. The zero-order valence-electron chi connectivity index (χ0n) is 11.5. The van der Waals surface area contributed by atoms with Crippen molar-refractivity contribution in [3.05, 3.63) is 34.1 Å². The van der Waals surface area contributed by atoms with E-state index in [4.69, 9.17) is 4.74 Å². The van der Waals surface area contributed by atoms with Gasteiger partial charge in [0.25, 0.3) is 0 Å². The zero-order valence-corrected chi connectivity index (χ0v) is 13.0. The molecule has 1 saturated heterocycles. The molecule has 0 aromatic heterocycles. The quantitative estimate of drug-likeness (QED) is 0.874. The van der Waals surface area contributed by atoms with Crippen LogP contribution in [-0.2, 0) is 4.74 Å². The van der Waals surface area contributed by atoms with E-state index in [2.05, 4.69) is 35.1 Å². The van der Waals surface area contributed by atoms with Crippen LogP contribution in [0.4, 0.5) is 4.39 Å². The van der Waals surface area contributed by atoms with Gasteiger partial charge in [0, 0.05) is 5.56 Å². The Morgan fingerprint density at radius 3 is 2.89 bits per heavy atom. The average Bonchev–Trinajstić information content (AvgIpc) is 2.81. The molecule has 0 saturated carbocycles. The summed E-state index contributed by atoms with van der Waals surface area (Å²) in [5.41, 5.74) is 0.696. The highest BCUT2D eigenvalue weighted by Gasteiger charge is 2.32. The Morgan fingerprint density at radius 2 is 2.26 bits per heavy atom. The summed E-state index contributed by atoms with van der Waals surface area (Å²) < 4.78 is 20.7. The van der Waals surface area contributed by atoms with E-state index < -0.39 is 0 Å². The predicted molar refractivity (Wildman–Crippen MR) is 78.7 cm³/mol. The van der Waals surface area contributed by atoms with E-state index in [1.54, 1.807) is 6.07 Å². The van der Waals surface area contributed by atoms with Crippen LogP contribution in [0.2, 0.25) is 0 Å². The molecule has 1 aromatic carbocycles. The van der Waals surface area contributed by atoms with Gasteiger partial charge in [0.2, 0.25) is 0 Å². The van der Waals surface area contributed by atoms with Crippen molar-refractivity contribution in [1.29, 1.82) is 0 Å². The fraction of sp³-hybridized carbons (Fsp3) is 0.600. The summed E-state index contributed by atoms with van der Waals surface area (Å²) in [5.74, 6) is -0.181.